The van der Waals surface area contributed by atoms with Gasteiger partial charge in [0.2, 0.25) is 0 Å². The van der Waals surface area contributed by atoms with Crippen molar-refractivity contribution in [2.75, 3.05) is 0 Å². The fourth-order valence-corrected chi connectivity index (χ4v) is 7.07. The molecule has 0 aromatic rings. The lowest BCUT2D eigenvalue weighted by Gasteiger charge is -2.57. The molecule has 4 saturated carbocycles. The molecule has 0 saturated heterocycles. The predicted molar refractivity (Wildman–Crippen MR) is 83.7 cm³/mol. The van der Waals surface area contributed by atoms with Crippen molar-refractivity contribution < 1.29 is 10.2 Å². The number of hydrogen-bond acceptors (Lipinski definition) is 2. The Bertz CT molecular complexity index is 418. The topological polar surface area (TPSA) is 40.5 Å². The number of rotatable bonds is 0. The molecule has 4 aliphatic rings. The Balaban J connectivity index is 1.58. The Hall–Kier alpha value is -0.0800. The van der Waals surface area contributed by atoms with Gasteiger partial charge >= 0.3 is 0 Å². The summed E-state index contributed by atoms with van der Waals surface area (Å²) < 4.78 is 0. The summed E-state index contributed by atoms with van der Waals surface area (Å²) in [6, 6.07) is 0. The van der Waals surface area contributed by atoms with Gasteiger partial charge in [0.05, 0.1) is 11.7 Å². The molecule has 21 heavy (non-hydrogen) atoms. The monoisotopic (exact) mass is 292 g/mol. The highest BCUT2D eigenvalue weighted by Gasteiger charge is 2.60. The van der Waals surface area contributed by atoms with Gasteiger partial charge in [0.1, 0.15) is 0 Å². The van der Waals surface area contributed by atoms with E-state index in [9.17, 15) is 10.2 Å². The Morgan fingerprint density at radius 2 is 1.57 bits per heavy atom. The quantitative estimate of drug-likeness (QED) is 0.714. The Kier molecular flexibility index (Phi) is 3.25. The fraction of sp³-hybridized carbons (Fsp3) is 1.00. The maximum absolute atomic E-state index is 10.9. The molecule has 4 aliphatic carbocycles. The summed E-state index contributed by atoms with van der Waals surface area (Å²) in [5.41, 5.74) is -0.280. The largest absolute Gasteiger partial charge is 0.393 e. The van der Waals surface area contributed by atoms with Crippen LogP contribution in [0, 0.1) is 35.0 Å². The second-order valence-electron chi connectivity index (χ2n) is 9.17. The van der Waals surface area contributed by atoms with Crippen LogP contribution in [0.1, 0.15) is 71.6 Å². The number of aliphatic hydroxyl groups is 2. The van der Waals surface area contributed by atoms with Crippen LogP contribution in [0.4, 0.5) is 0 Å². The van der Waals surface area contributed by atoms with E-state index >= 15 is 0 Å². The first kappa shape index (κ1) is 14.5. The van der Waals surface area contributed by atoms with Crippen molar-refractivity contribution in [2.45, 2.75) is 83.3 Å². The number of fused-ring (bicyclic) bond motifs is 5. The first-order chi connectivity index (χ1) is 9.92. The smallest absolute Gasteiger partial charge is 0.0675 e. The highest BCUT2D eigenvalue weighted by molar-refractivity contribution is 5.10. The molecule has 0 heterocycles. The number of hydrogen-bond donors (Lipinski definition) is 2. The van der Waals surface area contributed by atoms with E-state index in [1.165, 1.54) is 38.5 Å². The van der Waals surface area contributed by atoms with Gasteiger partial charge in [-0.05, 0) is 99.7 Å². The normalized spacial score (nSPS) is 60.0. The molecule has 120 valence electrons. The maximum Gasteiger partial charge on any atom is 0.0675 e. The van der Waals surface area contributed by atoms with Crippen LogP contribution >= 0.6 is 0 Å². The van der Waals surface area contributed by atoms with Gasteiger partial charge in [-0.2, -0.15) is 0 Å². The molecule has 0 bridgehead atoms. The SMILES string of the molecule is CC12CCC3C(CC[C@H]4CC(O)CCC34)C1CC[C@]2(C)O. The van der Waals surface area contributed by atoms with Gasteiger partial charge < -0.3 is 10.2 Å². The molecule has 0 radical (unpaired) electrons. The third kappa shape index (κ3) is 1.97. The van der Waals surface area contributed by atoms with E-state index in [0.717, 1.165) is 48.9 Å². The Morgan fingerprint density at radius 1 is 0.810 bits per heavy atom. The molecule has 6 unspecified atom stereocenters. The minimum Gasteiger partial charge on any atom is -0.393 e. The van der Waals surface area contributed by atoms with Crippen molar-refractivity contribution in [2.24, 2.45) is 35.0 Å². The summed E-state index contributed by atoms with van der Waals surface area (Å²) in [7, 11) is 0. The van der Waals surface area contributed by atoms with E-state index in [0.29, 0.717) is 0 Å². The number of aliphatic hydroxyl groups excluding tert-OH is 1. The standard InChI is InChI=1S/C19H32O2/c1-18-9-7-15-14-6-4-13(20)11-12(14)3-5-16(15)17(18)8-10-19(18,2)21/h12-17,20-21H,3-11H2,1-2H3/t12-,13?,14?,15?,16?,17?,18?,19-/m0/s1. The first-order valence-corrected chi connectivity index (χ1v) is 9.33. The van der Waals surface area contributed by atoms with Gasteiger partial charge in [0.25, 0.3) is 0 Å². The third-order valence-electron chi connectivity index (χ3n) is 8.49. The van der Waals surface area contributed by atoms with E-state index in [-0.39, 0.29) is 11.5 Å². The third-order valence-corrected chi connectivity index (χ3v) is 8.49. The van der Waals surface area contributed by atoms with Crippen LogP contribution in [-0.4, -0.2) is 21.9 Å². The zero-order valence-corrected chi connectivity index (χ0v) is 13.7. The van der Waals surface area contributed by atoms with Crippen LogP contribution in [0.15, 0.2) is 0 Å². The highest BCUT2D eigenvalue weighted by atomic mass is 16.3. The van der Waals surface area contributed by atoms with Gasteiger partial charge in [-0.1, -0.05) is 6.92 Å². The van der Waals surface area contributed by atoms with E-state index in [1.54, 1.807) is 0 Å². The molecule has 0 amide bonds. The van der Waals surface area contributed by atoms with Crippen LogP contribution in [0.3, 0.4) is 0 Å². The van der Waals surface area contributed by atoms with Crippen LogP contribution in [0.25, 0.3) is 0 Å². The zero-order valence-electron chi connectivity index (χ0n) is 13.7. The molecule has 2 N–H and O–H groups in total. The van der Waals surface area contributed by atoms with E-state index in [4.69, 9.17) is 0 Å². The minimum atomic E-state index is -0.442. The molecule has 2 nitrogen and oxygen atoms in total. The average molecular weight is 292 g/mol. The first-order valence-electron chi connectivity index (χ1n) is 9.33. The lowest BCUT2D eigenvalue weighted by Crippen LogP contribution is -2.52. The van der Waals surface area contributed by atoms with Crippen LogP contribution < -0.4 is 0 Å². The summed E-state index contributed by atoms with van der Waals surface area (Å²) >= 11 is 0. The summed E-state index contributed by atoms with van der Waals surface area (Å²) in [6.45, 7) is 4.47. The van der Waals surface area contributed by atoms with E-state index < -0.39 is 5.60 Å². The van der Waals surface area contributed by atoms with Crippen molar-refractivity contribution in [3.63, 3.8) is 0 Å². The molecular weight excluding hydrogens is 260 g/mol. The summed E-state index contributed by atoms with van der Waals surface area (Å²) in [5, 5.41) is 20.8. The van der Waals surface area contributed by atoms with E-state index in [1.807, 2.05) is 0 Å². The lowest BCUT2D eigenvalue weighted by atomic mass is 9.49. The van der Waals surface area contributed by atoms with Crippen molar-refractivity contribution in [3.8, 4) is 0 Å². The van der Waals surface area contributed by atoms with Crippen molar-refractivity contribution in [1.82, 2.24) is 0 Å². The molecule has 0 spiro atoms. The van der Waals surface area contributed by atoms with Gasteiger partial charge in [0, 0.05) is 0 Å². The Morgan fingerprint density at radius 3 is 2.38 bits per heavy atom. The second-order valence-corrected chi connectivity index (χ2v) is 9.17. The molecular formula is C19H32O2. The van der Waals surface area contributed by atoms with Crippen LogP contribution in [-0.2, 0) is 0 Å². The average Bonchev–Trinajstić information content (AvgIpc) is 2.69. The van der Waals surface area contributed by atoms with Crippen LogP contribution in [0.5, 0.6) is 0 Å². The van der Waals surface area contributed by atoms with Crippen molar-refractivity contribution in [3.05, 3.63) is 0 Å². The van der Waals surface area contributed by atoms with Gasteiger partial charge in [-0.3, -0.25) is 0 Å². The molecule has 4 fully saturated rings. The second kappa shape index (κ2) is 4.71. The summed E-state index contributed by atoms with van der Waals surface area (Å²) in [6.07, 6.45) is 10.8. The zero-order chi connectivity index (χ0) is 14.8. The summed E-state index contributed by atoms with van der Waals surface area (Å²) in [4.78, 5) is 0. The lowest BCUT2D eigenvalue weighted by molar-refractivity contribution is -0.125. The van der Waals surface area contributed by atoms with Crippen molar-refractivity contribution >= 4 is 0 Å². The highest BCUT2D eigenvalue weighted by Crippen LogP contribution is 2.65. The predicted octanol–water partition coefficient (Wildman–Crippen LogP) is 3.75. The molecule has 4 rings (SSSR count). The van der Waals surface area contributed by atoms with Gasteiger partial charge in [-0.25, -0.2) is 0 Å². The molecule has 8 atom stereocenters. The molecule has 2 heteroatoms. The fourth-order valence-electron chi connectivity index (χ4n) is 7.07. The van der Waals surface area contributed by atoms with Crippen molar-refractivity contribution in [1.29, 1.82) is 0 Å². The van der Waals surface area contributed by atoms with Crippen LogP contribution in [0.2, 0.25) is 0 Å². The molecule has 0 aromatic carbocycles. The maximum atomic E-state index is 10.9. The minimum absolute atomic E-state index is 0.0242. The molecule has 0 aromatic heterocycles. The van der Waals surface area contributed by atoms with Gasteiger partial charge in [-0.15, -0.1) is 0 Å². The molecule has 0 aliphatic heterocycles. The summed E-state index contributed by atoms with van der Waals surface area (Å²) in [5.74, 6) is 4.17. The van der Waals surface area contributed by atoms with E-state index in [2.05, 4.69) is 13.8 Å². The Labute approximate surface area is 129 Å². The van der Waals surface area contributed by atoms with Gasteiger partial charge in [0.15, 0.2) is 0 Å².